The van der Waals surface area contributed by atoms with Crippen LogP contribution in [0.3, 0.4) is 0 Å². The van der Waals surface area contributed by atoms with E-state index < -0.39 is 22.0 Å². The van der Waals surface area contributed by atoms with Gasteiger partial charge in [-0.25, -0.2) is 0 Å². The van der Waals surface area contributed by atoms with Crippen molar-refractivity contribution in [2.75, 3.05) is 31.8 Å². The summed E-state index contributed by atoms with van der Waals surface area (Å²) < 4.78 is 38.9. The zero-order chi connectivity index (χ0) is 17.2. The molecule has 1 atom stereocenters. The Kier molecular flexibility index (Phi) is 10.8. The molecule has 9 heteroatoms. The van der Waals surface area contributed by atoms with Crippen LogP contribution in [-0.2, 0) is 10.1 Å². The summed E-state index contributed by atoms with van der Waals surface area (Å²) in [5.74, 6) is 1.08. The first kappa shape index (κ1) is 21.5. The molecule has 1 aromatic rings. The molecule has 122 valence electrons. The maximum absolute atomic E-state index is 10.0. The van der Waals surface area contributed by atoms with Gasteiger partial charge in [-0.1, -0.05) is 0 Å². The average molecular weight is 343 g/mol. The fraction of sp³-hybridized carbons (Fsp3) is 0.538. The van der Waals surface area contributed by atoms with Gasteiger partial charge < -0.3 is 14.8 Å². The van der Waals surface area contributed by atoms with Crippen molar-refractivity contribution in [2.24, 2.45) is 0 Å². The van der Waals surface area contributed by atoms with Crippen molar-refractivity contribution in [1.29, 1.82) is 0 Å². The molecule has 1 unspecified atom stereocenters. The van der Waals surface area contributed by atoms with E-state index in [0.29, 0.717) is 3.67 Å². The third-order valence-corrected chi connectivity index (χ3v) is 4.40. The molecule has 0 aliphatic heterocycles. The van der Waals surface area contributed by atoms with E-state index >= 15 is 0 Å². The molecule has 0 spiro atoms. The Morgan fingerprint density at radius 2 is 1.95 bits per heavy atom. The summed E-state index contributed by atoms with van der Waals surface area (Å²) in [5.41, 5.74) is 0.991. The Morgan fingerprint density at radius 1 is 1.32 bits per heavy atom. The number of rotatable bonds is 7. The first-order valence-electron chi connectivity index (χ1n) is 6.86. The van der Waals surface area contributed by atoms with Crippen molar-refractivity contribution in [3.8, 4) is 11.5 Å². The van der Waals surface area contributed by atoms with E-state index in [1.165, 1.54) is 0 Å². The van der Waals surface area contributed by atoms with Gasteiger partial charge in [-0.15, -0.1) is 0 Å². The van der Waals surface area contributed by atoms with Crippen LogP contribution in [0.15, 0.2) is 18.2 Å². The molecule has 3 N–H and O–H groups in total. The molecule has 1 rings (SSSR count). The van der Waals surface area contributed by atoms with Crippen LogP contribution < -0.4 is 14.8 Å². The van der Waals surface area contributed by atoms with Crippen LogP contribution in [0.25, 0.3) is 0 Å². The molecular formula is C13H22NNaO6S. The van der Waals surface area contributed by atoms with E-state index in [9.17, 15) is 8.42 Å². The monoisotopic (exact) mass is 343 g/mol. The second-order valence-corrected chi connectivity index (χ2v) is 6.72. The summed E-state index contributed by atoms with van der Waals surface area (Å²) in [6.07, 6.45) is -0.883. The van der Waals surface area contributed by atoms with Gasteiger partial charge in [-0.05, 0) is 19.1 Å². The first-order chi connectivity index (χ1) is 10.3. The standard InChI is InChI=1S/C10H15NO2.C3H7O4S.Na/c1-4-11-9-6-5-8(12-2)7-10(9)13-3;1-3(4)2-8(5,6)7;/h5-7,11H,4H2,1-3H3;3-4H,1-2H2,(H,5,6,7);. The molecule has 1 aromatic carbocycles. The molecule has 0 aliphatic rings. The molecule has 0 bridgehead atoms. The third-order valence-electron chi connectivity index (χ3n) is 2.65. The number of anilines is 1. The molecule has 0 aliphatic carbocycles. The Morgan fingerprint density at radius 3 is 2.32 bits per heavy atom. The minimum atomic E-state index is -3.96. The van der Waals surface area contributed by atoms with E-state index in [-0.39, 0.29) is 0 Å². The summed E-state index contributed by atoms with van der Waals surface area (Å²) >= 11 is 0.741. The van der Waals surface area contributed by atoms with Crippen LogP contribution in [0.2, 0.25) is 3.67 Å². The number of nitrogens with one attached hydrogen (secondary N) is 1. The van der Waals surface area contributed by atoms with Gasteiger partial charge in [0.2, 0.25) is 0 Å². The van der Waals surface area contributed by atoms with Crippen LogP contribution in [0.1, 0.15) is 6.92 Å². The van der Waals surface area contributed by atoms with Gasteiger partial charge in [0.05, 0.1) is 19.9 Å². The second kappa shape index (κ2) is 11.1. The van der Waals surface area contributed by atoms with Gasteiger partial charge in [0.1, 0.15) is 11.5 Å². The molecule has 0 saturated carbocycles. The van der Waals surface area contributed by atoms with Crippen molar-refractivity contribution >= 4 is 43.7 Å². The van der Waals surface area contributed by atoms with E-state index in [0.717, 1.165) is 51.7 Å². The van der Waals surface area contributed by atoms with Crippen LogP contribution >= 0.6 is 0 Å². The Hall–Kier alpha value is -0.510. The van der Waals surface area contributed by atoms with E-state index in [1.54, 1.807) is 14.2 Å². The second-order valence-electron chi connectivity index (χ2n) is 4.41. The number of hydrogen-bond donors (Lipinski definition) is 3. The molecule has 0 aromatic heterocycles. The SMILES string of the molecule is CCNc1ccc(OC)cc1OC.O=S(=O)(O)CC(O)[CH2][Na]. The topological polar surface area (TPSA) is 105 Å². The molecular weight excluding hydrogens is 321 g/mol. The van der Waals surface area contributed by atoms with Gasteiger partial charge in [0, 0.05) is 12.6 Å². The fourth-order valence-electron chi connectivity index (χ4n) is 1.50. The van der Waals surface area contributed by atoms with Crippen LogP contribution in [0, 0.1) is 0 Å². The van der Waals surface area contributed by atoms with E-state index in [2.05, 4.69) is 5.32 Å². The van der Waals surface area contributed by atoms with Crippen LogP contribution in [-0.4, -0.2) is 78.6 Å². The molecule has 22 heavy (non-hydrogen) atoms. The van der Waals surface area contributed by atoms with Crippen molar-refractivity contribution in [3.63, 3.8) is 0 Å². The number of hydrogen-bond acceptors (Lipinski definition) is 6. The third kappa shape index (κ3) is 9.50. The van der Waals surface area contributed by atoms with Gasteiger partial charge in [0.25, 0.3) is 0 Å². The fourth-order valence-corrected chi connectivity index (χ4v) is 2.93. The van der Waals surface area contributed by atoms with Gasteiger partial charge >= 0.3 is 71.7 Å². The molecule has 0 amide bonds. The predicted molar refractivity (Wildman–Crippen MR) is 86.7 cm³/mol. The van der Waals surface area contributed by atoms with E-state index in [4.69, 9.17) is 19.1 Å². The zero-order valence-electron chi connectivity index (χ0n) is 13.4. The zero-order valence-corrected chi connectivity index (χ0v) is 16.2. The number of aliphatic hydroxyl groups is 1. The van der Waals surface area contributed by atoms with Gasteiger partial charge in [-0.3, -0.25) is 0 Å². The minimum absolute atomic E-state index is 0.472. The maximum atomic E-state index is 10.0. The predicted octanol–water partition coefficient (Wildman–Crippen LogP) is 0.957. The Labute approximate surface area is 149 Å². The van der Waals surface area contributed by atoms with Crippen molar-refractivity contribution in [1.82, 2.24) is 0 Å². The van der Waals surface area contributed by atoms with Crippen molar-refractivity contribution in [2.45, 2.75) is 16.7 Å². The molecule has 0 heterocycles. The average Bonchev–Trinajstić information content (AvgIpc) is 2.46. The number of ether oxygens (including phenoxy) is 2. The Balaban J connectivity index is 0.000000433. The molecule has 7 nitrogen and oxygen atoms in total. The molecule has 0 fully saturated rings. The van der Waals surface area contributed by atoms with Crippen LogP contribution in [0.4, 0.5) is 5.69 Å². The van der Waals surface area contributed by atoms with Gasteiger partial charge in [-0.2, -0.15) is 0 Å². The van der Waals surface area contributed by atoms with Crippen molar-refractivity contribution < 1.29 is 27.6 Å². The molecule has 0 saturated heterocycles. The molecule has 0 radical (unpaired) electrons. The normalized spacial score (nSPS) is 12.0. The quantitative estimate of drug-likeness (QED) is 0.500. The first-order valence-corrected chi connectivity index (χ1v) is 9.88. The summed E-state index contributed by atoms with van der Waals surface area (Å²) in [6, 6.07) is 5.71. The number of methoxy groups -OCH3 is 2. The summed E-state index contributed by atoms with van der Waals surface area (Å²) in [6.45, 7) is 2.92. The summed E-state index contributed by atoms with van der Waals surface area (Å²) in [4.78, 5) is 0. The summed E-state index contributed by atoms with van der Waals surface area (Å²) in [7, 11) is -0.674. The summed E-state index contributed by atoms with van der Waals surface area (Å²) in [5, 5.41) is 11.9. The van der Waals surface area contributed by atoms with Crippen molar-refractivity contribution in [3.05, 3.63) is 18.2 Å². The number of aliphatic hydroxyl groups excluding tert-OH is 1. The van der Waals surface area contributed by atoms with Crippen LogP contribution in [0.5, 0.6) is 11.5 Å². The van der Waals surface area contributed by atoms with E-state index in [1.807, 2.05) is 25.1 Å². The van der Waals surface area contributed by atoms with Gasteiger partial charge in [0.15, 0.2) is 0 Å². The Bertz CT molecular complexity index is 537. The number of benzene rings is 1.